The third kappa shape index (κ3) is 4.41. The molecule has 3 aromatic heterocycles. The predicted octanol–water partition coefficient (Wildman–Crippen LogP) is 3.10. The average molecular weight is 470 g/mol. The van der Waals surface area contributed by atoms with Gasteiger partial charge in [0.1, 0.15) is 11.6 Å². The SMILES string of the molecule is CCOC(=O)N1CCN(c2nc3ccccc3nc2Nc2c(C#N)cnn2-c2ccccn2)CC1. The minimum Gasteiger partial charge on any atom is -0.450 e. The molecule has 1 aliphatic rings. The van der Waals surface area contributed by atoms with Crippen molar-refractivity contribution in [2.75, 3.05) is 43.0 Å². The highest BCUT2D eigenvalue weighted by Crippen LogP contribution is 2.30. The third-order valence-electron chi connectivity index (χ3n) is 5.65. The molecule has 0 saturated carbocycles. The summed E-state index contributed by atoms with van der Waals surface area (Å²) in [4.78, 5) is 30.0. The van der Waals surface area contributed by atoms with Crippen LogP contribution in [0.2, 0.25) is 0 Å². The van der Waals surface area contributed by atoms with Gasteiger partial charge in [0.05, 0.1) is 23.8 Å². The molecule has 1 aromatic carbocycles. The molecular formula is C24H23N9O2. The molecule has 4 aromatic rings. The second kappa shape index (κ2) is 9.64. The summed E-state index contributed by atoms with van der Waals surface area (Å²) >= 11 is 0. The van der Waals surface area contributed by atoms with Crippen LogP contribution in [0.1, 0.15) is 12.5 Å². The molecule has 0 spiro atoms. The van der Waals surface area contributed by atoms with E-state index in [0.717, 1.165) is 5.52 Å². The number of para-hydroxylation sites is 2. The van der Waals surface area contributed by atoms with Gasteiger partial charge in [-0.2, -0.15) is 15.0 Å². The molecule has 1 saturated heterocycles. The normalized spacial score (nSPS) is 13.5. The Kier molecular flexibility index (Phi) is 6.09. The van der Waals surface area contributed by atoms with Crippen LogP contribution in [0.4, 0.5) is 22.2 Å². The Morgan fingerprint density at radius 3 is 2.51 bits per heavy atom. The van der Waals surface area contributed by atoms with Gasteiger partial charge in [-0.1, -0.05) is 18.2 Å². The van der Waals surface area contributed by atoms with E-state index < -0.39 is 0 Å². The van der Waals surface area contributed by atoms with E-state index in [1.807, 2.05) is 36.4 Å². The highest BCUT2D eigenvalue weighted by molar-refractivity contribution is 5.82. The third-order valence-corrected chi connectivity index (χ3v) is 5.65. The molecule has 11 heteroatoms. The fourth-order valence-corrected chi connectivity index (χ4v) is 3.93. The number of hydrogen-bond donors (Lipinski definition) is 1. The Bertz CT molecular complexity index is 1390. The second-order valence-electron chi connectivity index (χ2n) is 7.80. The molecule has 35 heavy (non-hydrogen) atoms. The number of ether oxygens (including phenoxy) is 1. The van der Waals surface area contributed by atoms with Crippen LogP contribution in [0.5, 0.6) is 0 Å². The van der Waals surface area contributed by atoms with Crippen molar-refractivity contribution in [3.63, 3.8) is 0 Å². The summed E-state index contributed by atoms with van der Waals surface area (Å²) in [6, 6.07) is 15.3. The maximum absolute atomic E-state index is 12.1. The van der Waals surface area contributed by atoms with Crippen LogP contribution in [-0.2, 0) is 4.74 Å². The predicted molar refractivity (Wildman–Crippen MR) is 130 cm³/mol. The lowest BCUT2D eigenvalue weighted by Crippen LogP contribution is -2.49. The van der Waals surface area contributed by atoms with Gasteiger partial charge in [-0.25, -0.2) is 19.7 Å². The number of carbonyl (C=O) groups excluding carboxylic acids is 1. The van der Waals surface area contributed by atoms with Gasteiger partial charge in [-0.05, 0) is 31.2 Å². The van der Waals surface area contributed by atoms with Gasteiger partial charge in [0, 0.05) is 32.4 Å². The number of fused-ring (bicyclic) bond motifs is 1. The van der Waals surface area contributed by atoms with Crippen molar-refractivity contribution in [3.8, 4) is 11.9 Å². The van der Waals surface area contributed by atoms with Crippen molar-refractivity contribution in [3.05, 3.63) is 60.4 Å². The van der Waals surface area contributed by atoms with E-state index in [-0.39, 0.29) is 6.09 Å². The zero-order valence-electron chi connectivity index (χ0n) is 19.1. The summed E-state index contributed by atoms with van der Waals surface area (Å²) < 4.78 is 6.70. The Labute approximate surface area is 201 Å². The number of carbonyl (C=O) groups is 1. The fourth-order valence-electron chi connectivity index (χ4n) is 3.93. The van der Waals surface area contributed by atoms with Crippen molar-refractivity contribution in [1.82, 2.24) is 29.6 Å². The van der Waals surface area contributed by atoms with Crippen LogP contribution in [-0.4, -0.2) is 68.5 Å². The molecule has 1 aliphatic heterocycles. The summed E-state index contributed by atoms with van der Waals surface area (Å²) in [5.74, 6) is 2.13. The van der Waals surface area contributed by atoms with Gasteiger partial charge < -0.3 is 19.9 Å². The Hall–Kier alpha value is -4.72. The smallest absolute Gasteiger partial charge is 0.409 e. The van der Waals surface area contributed by atoms with Crippen molar-refractivity contribution >= 4 is 34.6 Å². The lowest BCUT2D eigenvalue weighted by molar-refractivity contribution is 0.105. The van der Waals surface area contributed by atoms with Gasteiger partial charge in [0.25, 0.3) is 0 Å². The number of pyridine rings is 1. The number of nitriles is 1. The minimum atomic E-state index is -0.312. The van der Waals surface area contributed by atoms with Crippen LogP contribution < -0.4 is 10.2 Å². The molecule has 1 fully saturated rings. The first-order valence-electron chi connectivity index (χ1n) is 11.3. The molecule has 1 amide bonds. The first kappa shape index (κ1) is 22.1. The fraction of sp³-hybridized carbons (Fsp3) is 0.250. The molecule has 0 bridgehead atoms. The number of nitrogens with zero attached hydrogens (tertiary/aromatic N) is 8. The molecule has 0 radical (unpaired) electrons. The van der Waals surface area contributed by atoms with Gasteiger partial charge in [0.15, 0.2) is 23.3 Å². The average Bonchev–Trinajstić information content (AvgIpc) is 3.31. The van der Waals surface area contributed by atoms with E-state index >= 15 is 0 Å². The summed E-state index contributed by atoms with van der Waals surface area (Å²) in [5.41, 5.74) is 1.81. The van der Waals surface area contributed by atoms with E-state index in [4.69, 9.17) is 14.7 Å². The number of rotatable bonds is 5. The zero-order chi connectivity index (χ0) is 24.2. The molecule has 4 heterocycles. The topological polar surface area (TPSA) is 125 Å². The lowest BCUT2D eigenvalue weighted by atomic mass is 10.2. The number of anilines is 3. The summed E-state index contributed by atoms with van der Waals surface area (Å²) in [6.07, 6.45) is 2.84. The number of aromatic nitrogens is 5. The quantitative estimate of drug-likeness (QED) is 0.469. The molecule has 5 rings (SSSR count). The van der Waals surface area contributed by atoms with Crippen LogP contribution in [0.15, 0.2) is 54.9 Å². The highest BCUT2D eigenvalue weighted by Gasteiger charge is 2.26. The molecule has 11 nitrogen and oxygen atoms in total. The first-order valence-corrected chi connectivity index (χ1v) is 11.3. The van der Waals surface area contributed by atoms with Gasteiger partial charge in [-0.3, -0.25) is 0 Å². The number of amides is 1. The van der Waals surface area contributed by atoms with Crippen molar-refractivity contribution in [2.24, 2.45) is 0 Å². The van der Waals surface area contributed by atoms with Gasteiger partial charge in [0.2, 0.25) is 0 Å². The van der Waals surface area contributed by atoms with Crippen LogP contribution in [0.3, 0.4) is 0 Å². The van der Waals surface area contributed by atoms with E-state index in [1.165, 1.54) is 6.20 Å². The van der Waals surface area contributed by atoms with E-state index in [1.54, 1.807) is 28.8 Å². The van der Waals surface area contributed by atoms with Gasteiger partial charge >= 0.3 is 6.09 Å². The standard InChI is InChI=1S/C24H23N9O2/c1-2-35-24(34)32-13-11-31(12-14-32)23-21(28-18-7-3-4-8-19(18)29-23)30-22-17(15-25)16-27-33(22)20-9-5-6-10-26-20/h3-10,16H,2,11-14H2,1H3,(H,28,30). The van der Waals surface area contributed by atoms with Crippen molar-refractivity contribution in [1.29, 1.82) is 5.26 Å². The molecule has 0 unspecified atom stereocenters. The molecule has 0 atom stereocenters. The molecule has 1 N–H and O–H groups in total. The molecule has 176 valence electrons. The molecule has 0 aliphatic carbocycles. The summed E-state index contributed by atoms with van der Waals surface area (Å²) in [7, 11) is 0. The lowest BCUT2D eigenvalue weighted by Gasteiger charge is -2.35. The van der Waals surface area contributed by atoms with Crippen LogP contribution in [0.25, 0.3) is 16.9 Å². The minimum absolute atomic E-state index is 0.312. The Morgan fingerprint density at radius 2 is 1.83 bits per heavy atom. The zero-order valence-corrected chi connectivity index (χ0v) is 19.1. The van der Waals surface area contributed by atoms with Crippen LogP contribution >= 0.6 is 0 Å². The summed E-state index contributed by atoms with van der Waals surface area (Å²) in [6.45, 7) is 4.26. The Balaban J connectivity index is 1.52. The van der Waals surface area contributed by atoms with E-state index in [2.05, 4.69) is 26.4 Å². The maximum atomic E-state index is 12.1. The largest absolute Gasteiger partial charge is 0.450 e. The first-order chi connectivity index (χ1) is 17.2. The second-order valence-corrected chi connectivity index (χ2v) is 7.80. The number of hydrogen-bond acceptors (Lipinski definition) is 9. The maximum Gasteiger partial charge on any atom is 0.409 e. The monoisotopic (exact) mass is 469 g/mol. The van der Waals surface area contributed by atoms with Gasteiger partial charge in [-0.15, -0.1) is 0 Å². The van der Waals surface area contributed by atoms with E-state index in [0.29, 0.717) is 67.1 Å². The highest BCUT2D eigenvalue weighted by atomic mass is 16.6. The van der Waals surface area contributed by atoms with Crippen LogP contribution in [0, 0.1) is 11.3 Å². The number of benzene rings is 1. The summed E-state index contributed by atoms with van der Waals surface area (Å²) in [5, 5.41) is 17.4. The Morgan fingerprint density at radius 1 is 1.09 bits per heavy atom. The van der Waals surface area contributed by atoms with Crippen molar-refractivity contribution < 1.29 is 9.53 Å². The number of nitrogens with one attached hydrogen (secondary N) is 1. The molecular weight excluding hydrogens is 446 g/mol. The van der Waals surface area contributed by atoms with Crippen molar-refractivity contribution in [2.45, 2.75) is 6.92 Å². The van der Waals surface area contributed by atoms with E-state index in [9.17, 15) is 10.1 Å². The number of piperazine rings is 1.